The van der Waals surface area contributed by atoms with Crippen molar-refractivity contribution in [1.29, 1.82) is 0 Å². The lowest BCUT2D eigenvalue weighted by atomic mass is 10.2. The molecule has 2 aromatic carbocycles. The van der Waals surface area contributed by atoms with Crippen LogP contribution < -0.4 is 4.90 Å². The molecule has 0 aromatic heterocycles. The number of ether oxygens (including phenoxy) is 1. The molecule has 0 N–H and O–H groups in total. The Bertz CT molecular complexity index is 660. The Morgan fingerprint density at radius 1 is 1.05 bits per heavy atom. The zero-order chi connectivity index (χ0) is 16.3. The van der Waals surface area contributed by atoms with Crippen molar-refractivity contribution in [3.05, 3.63) is 54.1 Å². The molecule has 0 heterocycles. The minimum absolute atomic E-state index is 0.419. The van der Waals surface area contributed by atoms with Crippen molar-refractivity contribution in [1.82, 2.24) is 0 Å². The van der Waals surface area contributed by atoms with E-state index in [0.29, 0.717) is 10.6 Å². The number of nitrogens with zero attached hydrogens (tertiary/aromatic N) is 1. The van der Waals surface area contributed by atoms with Crippen LogP contribution in [0.25, 0.3) is 0 Å². The van der Waals surface area contributed by atoms with Crippen LogP contribution in [-0.2, 0) is 4.74 Å². The zero-order valence-corrected chi connectivity index (χ0v) is 14.2. The number of thiol groups is 1. The molecule has 0 saturated heterocycles. The number of para-hydroxylation sites is 1. The van der Waals surface area contributed by atoms with Gasteiger partial charge in [0.2, 0.25) is 0 Å². The summed E-state index contributed by atoms with van der Waals surface area (Å²) in [5.41, 5.74) is 2.02. The maximum absolute atomic E-state index is 12.7. The summed E-state index contributed by atoms with van der Waals surface area (Å²) in [4.78, 5) is 14.9. The van der Waals surface area contributed by atoms with Gasteiger partial charge in [0.1, 0.15) is 5.60 Å². The highest BCUT2D eigenvalue weighted by molar-refractivity contribution is 7.80. The minimum Gasteiger partial charge on any atom is -0.443 e. The Hall–Kier alpha value is -1.94. The molecule has 22 heavy (non-hydrogen) atoms. The van der Waals surface area contributed by atoms with Gasteiger partial charge in [0, 0.05) is 4.90 Å². The molecule has 0 fully saturated rings. The second kappa shape index (κ2) is 6.44. The van der Waals surface area contributed by atoms with Crippen LogP contribution in [0, 0.1) is 6.92 Å². The molecule has 0 atom stereocenters. The fraction of sp³-hybridized carbons (Fsp3) is 0.278. The number of benzene rings is 2. The summed E-state index contributed by atoms with van der Waals surface area (Å²) in [6.07, 6.45) is -0.419. The Balaban J connectivity index is 2.47. The average Bonchev–Trinajstić information content (AvgIpc) is 2.41. The maximum Gasteiger partial charge on any atom is 0.419 e. The van der Waals surface area contributed by atoms with E-state index in [-0.39, 0.29) is 0 Å². The number of aryl methyl sites for hydroxylation is 1. The number of rotatable bonds is 2. The van der Waals surface area contributed by atoms with Gasteiger partial charge in [-0.15, -0.1) is 12.6 Å². The van der Waals surface area contributed by atoms with Crippen molar-refractivity contribution >= 4 is 30.1 Å². The van der Waals surface area contributed by atoms with E-state index in [2.05, 4.69) is 12.6 Å². The third-order valence-corrected chi connectivity index (χ3v) is 3.37. The summed E-state index contributed by atoms with van der Waals surface area (Å²) in [5, 5.41) is 0. The maximum atomic E-state index is 12.7. The van der Waals surface area contributed by atoms with Crippen molar-refractivity contribution in [2.45, 2.75) is 38.2 Å². The molecule has 0 spiro atoms. The number of carbonyl (C=O) groups excluding carboxylic acids is 1. The predicted octanol–water partition coefficient (Wildman–Crippen LogP) is 5.36. The van der Waals surface area contributed by atoms with Crippen LogP contribution >= 0.6 is 12.6 Å². The van der Waals surface area contributed by atoms with E-state index in [4.69, 9.17) is 4.74 Å². The molecule has 3 nitrogen and oxygen atoms in total. The first-order valence-corrected chi connectivity index (χ1v) is 7.60. The molecule has 4 heteroatoms. The van der Waals surface area contributed by atoms with Crippen molar-refractivity contribution in [2.24, 2.45) is 0 Å². The largest absolute Gasteiger partial charge is 0.443 e. The number of amides is 1. The van der Waals surface area contributed by atoms with E-state index >= 15 is 0 Å². The molecule has 2 aromatic rings. The highest BCUT2D eigenvalue weighted by Crippen LogP contribution is 2.32. The third kappa shape index (κ3) is 4.04. The monoisotopic (exact) mass is 315 g/mol. The van der Waals surface area contributed by atoms with Gasteiger partial charge in [0.15, 0.2) is 0 Å². The standard InChI is InChI=1S/C18H21NO2S/c1-13-9-11-14(12-10-13)19(17(20)21-18(2,3)4)15-7-5-6-8-16(15)22/h5-12,22H,1-4H3. The Labute approximate surface area is 137 Å². The van der Waals surface area contributed by atoms with Crippen LogP contribution in [-0.4, -0.2) is 11.7 Å². The van der Waals surface area contributed by atoms with E-state index in [1.165, 1.54) is 0 Å². The summed E-state index contributed by atoms with van der Waals surface area (Å²) in [6.45, 7) is 7.56. The first-order valence-electron chi connectivity index (χ1n) is 7.16. The molecule has 0 unspecified atom stereocenters. The van der Waals surface area contributed by atoms with Crippen LogP contribution in [0.2, 0.25) is 0 Å². The lowest BCUT2D eigenvalue weighted by molar-refractivity contribution is 0.0598. The smallest absolute Gasteiger partial charge is 0.419 e. The van der Waals surface area contributed by atoms with Crippen LogP contribution in [0.15, 0.2) is 53.4 Å². The Kier molecular flexibility index (Phi) is 4.81. The highest BCUT2D eigenvalue weighted by Gasteiger charge is 2.25. The molecular weight excluding hydrogens is 294 g/mol. The second-order valence-corrected chi connectivity index (χ2v) is 6.62. The third-order valence-electron chi connectivity index (χ3n) is 2.99. The number of hydrogen-bond acceptors (Lipinski definition) is 3. The molecule has 0 saturated carbocycles. The summed E-state index contributed by atoms with van der Waals surface area (Å²) in [6, 6.07) is 15.2. The van der Waals surface area contributed by atoms with E-state index in [1.807, 2.05) is 76.2 Å². The van der Waals surface area contributed by atoms with Gasteiger partial charge in [-0.05, 0) is 52.0 Å². The molecule has 116 valence electrons. The van der Waals surface area contributed by atoms with Crippen molar-refractivity contribution < 1.29 is 9.53 Å². The Morgan fingerprint density at radius 2 is 1.64 bits per heavy atom. The number of hydrogen-bond donors (Lipinski definition) is 1. The number of anilines is 2. The average molecular weight is 315 g/mol. The van der Waals surface area contributed by atoms with Gasteiger partial charge in [-0.1, -0.05) is 29.8 Å². The molecule has 1 amide bonds. The summed E-state index contributed by atoms with van der Waals surface area (Å²) >= 11 is 4.46. The highest BCUT2D eigenvalue weighted by atomic mass is 32.1. The van der Waals surface area contributed by atoms with Crippen molar-refractivity contribution in [3.8, 4) is 0 Å². The van der Waals surface area contributed by atoms with E-state index < -0.39 is 11.7 Å². The first-order chi connectivity index (χ1) is 10.3. The molecule has 0 aliphatic rings. The summed E-state index contributed by atoms with van der Waals surface area (Å²) in [5.74, 6) is 0. The van der Waals surface area contributed by atoms with Gasteiger partial charge in [-0.2, -0.15) is 0 Å². The van der Waals surface area contributed by atoms with Gasteiger partial charge in [0.25, 0.3) is 0 Å². The fourth-order valence-corrected chi connectivity index (χ4v) is 2.26. The van der Waals surface area contributed by atoms with Gasteiger partial charge in [-0.3, -0.25) is 0 Å². The van der Waals surface area contributed by atoms with E-state index in [1.54, 1.807) is 4.90 Å². The zero-order valence-electron chi connectivity index (χ0n) is 13.3. The summed E-state index contributed by atoms with van der Waals surface area (Å²) in [7, 11) is 0. The molecule has 2 rings (SSSR count). The lowest BCUT2D eigenvalue weighted by Crippen LogP contribution is -2.34. The van der Waals surface area contributed by atoms with Crippen LogP contribution in [0.1, 0.15) is 26.3 Å². The van der Waals surface area contributed by atoms with Crippen molar-refractivity contribution in [3.63, 3.8) is 0 Å². The van der Waals surface area contributed by atoms with Crippen LogP contribution in [0.5, 0.6) is 0 Å². The van der Waals surface area contributed by atoms with Crippen LogP contribution in [0.3, 0.4) is 0 Å². The molecule has 0 aliphatic carbocycles. The molecule has 0 aliphatic heterocycles. The molecular formula is C18H21NO2S. The van der Waals surface area contributed by atoms with E-state index in [9.17, 15) is 4.79 Å². The predicted molar refractivity (Wildman–Crippen MR) is 93.2 cm³/mol. The normalized spacial score (nSPS) is 11.1. The molecule has 0 radical (unpaired) electrons. The SMILES string of the molecule is Cc1ccc(N(C(=O)OC(C)(C)C)c2ccccc2S)cc1. The minimum atomic E-state index is -0.564. The van der Waals surface area contributed by atoms with Crippen molar-refractivity contribution in [2.75, 3.05) is 4.90 Å². The van der Waals surface area contributed by atoms with Gasteiger partial charge in [-0.25, -0.2) is 9.69 Å². The summed E-state index contributed by atoms with van der Waals surface area (Å²) < 4.78 is 5.55. The quantitative estimate of drug-likeness (QED) is 0.756. The van der Waals surface area contributed by atoms with E-state index in [0.717, 1.165) is 11.3 Å². The second-order valence-electron chi connectivity index (χ2n) is 6.14. The van der Waals surface area contributed by atoms with Gasteiger partial charge >= 0.3 is 6.09 Å². The molecule has 0 bridgehead atoms. The Morgan fingerprint density at radius 3 is 2.18 bits per heavy atom. The number of carbonyl (C=O) groups is 1. The van der Waals surface area contributed by atoms with Crippen LogP contribution in [0.4, 0.5) is 16.2 Å². The fourth-order valence-electron chi connectivity index (χ4n) is 2.00. The van der Waals surface area contributed by atoms with Gasteiger partial charge < -0.3 is 4.74 Å². The first kappa shape index (κ1) is 16.4. The lowest BCUT2D eigenvalue weighted by Gasteiger charge is -2.28. The topological polar surface area (TPSA) is 29.5 Å². The van der Waals surface area contributed by atoms with Gasteiger partial charge in [0.05, 0.1) is 11.4 Å².